The number of piperidine rings is 1. The molecule has 0 unspecified atom stereocenters. The molecule has 1 aromatic carbocycles. The van der Waals surface area contributed by atoms with Gasteiger partial charge in [-0.25, -0.2) is 0 Å². The molecule has 0 bridgehead atoms. The van der Waals surface area contributed by atoms with E-state index < -0.39 is 0 Å². The van der Waals surface area contributed by atoms with Crippen LogP contribution in [0.15, 0.2) is 23.1 Å². The summed E-state index contributed by atoms with van der Waals surface area (Å²) in [6.45, 7) is 1.04. The largest absolute Gasteiger partial charge is 0.469 e. The Morgan fingerprint density at radius 2 is 2.19 bits per heavy atom. The summed E-state index contributed by atoms with van der Waals surface area (Å²) < 4.78 is 4.78. The van der Waals surface area contributed by atoms with Crippen LogP contribution in [0.4, 0.5) is 0 Å². The average molecular weight is 328 g/mol. The topological polar surface area (TPSA) is 46.6 Å². The molecule has 1 amide bonds. The summed E-state index contributed by atoms with van der Waals surface area (Å²) >= 11 is 7.71. The van der Waals surface area contributed by atoms with Crippen molar-refractivity contribution in [1.82, 2.24) is 4.90 Å². The third kappa shape index (κ3) is 3.71. The molecule has 0 spiro atoms. The predicted octanol–water partition coefficient (Wildman–Crippen LogP) is 3.09. The van der Waals surface area contributed by atoms with Gasteiger partial charge in [-0.15, -0.1) is 11.8 Å². The maximum Gasteiger partial charge on any atom is 0.310 e. The molecule has 6 heteroatoms. The molecule has 4 nitrogen and oxygen atoms in total. The standard InChI is InChI=1S/C15H18ClNO3S/c1-20-15(19)10-4-3-7-17(9-10)14(18)12-8-11(21-2)5-6-13(12)16/h5-6,8,10H,3-4,7,9H2,1-2H3/t10-/m0/s1. The average Bonchev–Trinajstić information content (AvgIpc) is 2.54. The van der Waals surface area contributed by atoms with Crippen molar-refractivity contribution in [2.75, 3.05) is 26.5 Å². The van der Waals surface area contributed by atoms with Crippen molar-refractivity contribution in [3.63, 3.8) is 0 Å². The van der Waals surface area contributed by atoms with Crippen LogP contribution >= 0.6 is 23.4 Å². The second-order valence-electron chi connectivity index (χ2n) is 4.96. The van der Waals surface area contributed by atoms with Crippen LogP contribution in [0, 0.1) is 5.92 Å². The van der Waals surface area contributed by atoms with Gasteiger partial charge in [0.15, 0.2) is 0 Å². The number of nitrogens with zero attached hydrogens (tertiary/aromatic N) is 1. The third-order valence-electron chi connectivity index (χ3n) is 3.65. The molecule has 0 N–H and O–H groups in total. The highest BCUT2D eigenvalue weighted by Crippen LogP contribution is 2.26. The lowest BCUT2D eigenvalue weighted by molar-refractivity contribution is -0.146. The first-order chi connectivity index (χ1) is 10.1. The fourth-order valence-corrected chi connectivity index (χ4v) is 3.12. The van der Waals surface area contributed by atoms with Crippen LogP contribution in [0.1, 0.15) is 23.2 Å². The first kappa shape index (κ1) is 16.2. The van der Waals surface area contributed by atoms with E-state index in [1.165, 1.54) is 7.11 Å². The molecule has 1 atom stereocenters. The van der Waals surface area contributed by atoms with Gasteiger partial charge < -0.3 is 9.64 Å². The molecule has 1 fully saturated rings. The van der Waals surface area contributed by atoms with E-state index in [0.717, 1.165) is 17.7 Å². The van der Waals surface area contributed by atoms with E-state index in [0.29, 0.717) is 23.7 Å². The van der Waals surface area contributed by atoms with Gasteiger partial charge in [-0.1, -0.05) is 11.6 Å². The number of methoxy groups -OCH3 is 1. The molecule has 2 rings (SSSR count). The van der Waals surface area contributed by atoms with E-state index in [-0.39, 0.29) is 17.8 Å². The molecule has 1 aliphatic rings. The summed E-state index contributed by atoms with van der Waals surface area (Å²) in [6, 6.07) is 5.43. The monoisotopic (exact) mass is 327 g/mol. The Labute approximate surface area is 133 Å². The molecule has 0 radical (unpaired) electrons. The van der Waals surface area contributed by atoms with Gasteiger partial charge in [-0.3, -0.25) is 9.59 Å². The Kier molecular flexibility index (Phi) is 5.53. The number of amides is 1. The second-order valence-corrected chi connectivity index (χ2v) is 6.25. The summed E-state index contributed by atoms with van der Waals surface area (Å²) in [5, 5.41) is 0.443. The van der Waals surface area contributed by atoms with Crippen molar-refractivity contribution in [3.05, 3.63) is 28.8 Å². The van der Waals surface area contributed by atoms with Gasteiger partial charge in [0.05, 0.1) is 23.6 Å². The number of rotatable bonds is 3. The predicted molar refractivity (Wildman–Crippen MR) is 83.9 cm³/mol. The van der Waals surface area contributed by atoms with E-state index in [1.807, 2.05) is 12.3 Å². The van der Waals surface area contributed by atoms with Gasteiger partial charge in [-0.2, -0.15) is 0 Å². The van der Waals surface area contributed by atoms with E-state index in [9.17, 15) is 9.59 Å². The zero-order valence-corrected chi connectivity index (χ0v) is 13.7. The Hall–Kier alpha value is -1.20. The molecule has 0 aliphatic carbocycles. The van der Waals surface area contributed by atoms with Crippen molar-refractivity contribution in [2.24, 2.45) is 5.92 Å². The van der Waals surface area contributed by atoms with Crippen molar-refractivity contribution in [1.29, 1.82) is 0 Å². The highest BCUT2D eigenvalue weighted by Gasteiger charge is 2.30. The number of ether oxygens (including phenoxy) is 1. The lowest BCUT2D eigenvalue weighted by Crippen LogP contribution is -2.42. The van der Waals surface area contributed by atoms with E-state index in [4.69, 9.17) is 16.3 Å². The van der Waals surface area contributed by atoms with Crippen LogP contribution in [0.2, 0.25) is 5.02 Å². The maximum absolute atomic E-state index is 12.6. The molecular weight excluding hydrogens is 310 g/mol. The number of likely N-dealkylation sites (tertiary alicyclic amines) is 1. The molecule has 0 aromatic heterocycles. The first-order valence-corrected chi connectivity index (χ1v) is 8.37. The SMILES string of the molecule is COC(=O)[C@H]1CCCN(C(=O)c2cc(SC)ccc2Cl)C1. The van der Waals surface area contributed by atoms with Crippen molar-refractivity contribution < 1.29 is 14.3 Å². The minimum absolute atomic E-state index is 0.121. The van der Waals surface area contributed by atoms with Crippen LogP contribution in [0.3, 0.4) is 0 Å². The van der Waals surface area contributed by atoms with E-state index in [2.05, 4.69) is 0 Å². The Balaban J connectivity index is 2.17. The highest BCUT2D eigenvalue weighted by atomic mass is 35.5. The smallest absolute Gasteiger partial charge is 0.310 e. The minimum Gasteiger partial charge on any atom is -0.469 e. The molecule has 1 aromatic rings. The number of hydrogen-bond acceptors (Lipinski definition) is 4. The van der Waals surface area contributed by atoms with Crippen LogP contribution in [-0.2, 0) is 9.53 Å². The lowest BCUT2D eigenvalue weighted by Gasteiger charge is -2.31. The zero-order chi connectivity index (χ0) is 15.4. The van der Waals surface area contributed by atoms with Gasteiger partial charge in [0, 0.05) is 18.0 Å². The van der Waals surface area contributed by atoms with Crippen molar-refractivity contribution >= 4 is 35.2 Å². The number of thioether (sulfide) groups is 1. The lowest BCUT2D eigenvalue weighted by atomic mass is 9.97. The Morgan fingerprint density at radius 3 is 2.86 bits per heavy atom. The maximum atomic E-state index is 12.6. The zero-order valence-electron chi connectivity index (χ0n) is 12.1. The number of hydrogen-bond donors (Lipinski definition) is 0. The van der Waals surface area contributed by atoms with Crippen molar-refractivity contribution in [3.8, 4) is 0 Å². The van der Waals surface area contributed by atoms with Crippen LogP contribution in [0.5, 0.6) is 0 Å². The summed E-state index contributed by atoms with van der Waals surface area (Å²) in [4.78, 5) is 27.0. The number of carbonyl (C=O) groups is 2. The second kappa shape index (κ2) is 7.18. The molecular formula is C15H18ClNO3S. The molecule has 0 saturated carbocycles. The molecule has 1 heterocycles. The fraction of sp³-hybridized carbons (Fsp3) is 0.467. The minimum atomic E-state index is -0.253. The van der Waals surface area contributed by atoms with Crippen molar-refractivity contribution in [2.45, 2.75) is 17.7 Å². The summed E-state index contributed by atoms with van der Waals surface area (Å²) in [5.41, 5.74) is 0.494. The Bertz CT molecular complexity index is 550. The number of halogens is 1. The van der Waals surface area contributed by atoms with Crippen LogP contribution < -0.4 is 0 Å². The van der Waals surface area contributed by atoms with Gasteiger partial charge in [0.2, 0.25) is 0 Å². The Morgan fingerprint density at radius 1 is 1.43 bits per heavy atom. The summed E-state index contributed by atoms with van der Waals surface area (Å²) in [6.07, 6.45) is 3.51. The quantitative estimate of drug-likeness (QED) is 0.632. The molecule has 1 aliphatic heterocycles. The fourth-order valence-electron chi connectivity index (χ4n) is 2.49. The molecule has 1 saturated heterocycles. The highest BCUT2D eigenvalue weighted by molar-refractivity contribution is 7.98. The van der Waals surface area contributed by atoms with Gasteiger partial charge in [-0.05, 0) is 37.3 Å². The van der Waals surface area contributed by atoms with Gasteiger partial charge >= 0.3 is 5.97 Å². The van der Waals surface area contributed by atoms with Crippen LogP contribution in [-0.4, -0.2) is 43.2 Å². The number of benzene rings is 1. The normalized spacial score (nSPS) is 18.4. The summed E-state index contributed by atoms with van der Waals surface area (Å²) in [7, 11) is 1.38. The molecule has 21 heavy (non-hydrogen) atoms. The van der Waals surface area contributed by atoms with E-state index in [1.54, 1.807) is 28.8 Å². The summed E-state index contributed by atoms with van der Waals surface area (Å²) in [5.74, 6) is -0.615. The number of esters is 1. The van der Waals surface area contributed by atoms with E-state index >= 15 is 0 Å². The van der Waals surface area contributed by atoms with Crippen LogP contribution in [0.25, 0.3) is 0 Å². The first-order valence-electron chi connectivity index (χ1n) is 6.77. The molecule has 114 valence electrons. The van der Waals surface area contributed by atoms with Gasteiger partial charge in [0.25, 0.3) is 5.91 Å². The van der Waals surface area contributed by atoms with Gasteiger partial charge in [0.1, 0.15) is 0 Å². The third-order valence-corrected chi connectivity index (χ3v) is 4.70. The number of carbonyl (C=O) groups excluding carboxylic acids is 2.